The van der Waals surface area contributed by atoms with Gasteiger partial charge in [-0.25, -0.2) is 4.79 Å². The molecule has 3 rings (SSSR count). The number of nitrogens with one attached hydrogen (secondary N) is 2. The highest BCUT2D eigenvalue weighted by molar-refractivity contribution is 6.00. The minimum Gasteiger partial charge on any atom is -0.497 e. The molecule has 198 valence electrons. The van der Waals surface area contributed by atoms with Crippen molar-refractivity contribution in [2.45, 2.75) is 63.8 Å². The zero-order valence-electron chi connectivity index (χ0n) is 21.5. The number of nitrogens with zero attached hydrogens (tertiary/aromatic N) is 1. The van der Waals surface area contributed by atoms with Crippen LogP contribution in [0.3, 0.4) is 0 Å². The Morgan fingerprint density at radius 3 is 2.16 bits per heavy atom. The lowest BCUT2D eigenvalue weighted by Gasteiger charge is -2.34. The van der Waals surface area contributed by atoms with E-state index in [1.54, 1.807) is 76.4 Å². The van der Waals surface area contributed by atoms with E-state index in [1.807, 2.05) is 6.07 Å². The third-order valence-electron chi connectivity index (χ3n) is 5.59. The summed E-state index contributed by atoms with van der Waals surface area (Å²) in [4.78, 5) is 53.3. The molecule has 10 heteroatoms. The number of rotatable bonds is 10. The number of carbonyl (C=O) groups is 4. The summed E-state index contributed by atoms with van der Waals surface area (Å²) in [7, 11) is 1.55. The molecule has 2 aromatic carbocycles. The molecule has 37 heavy (non-hydrogen) atoms. The number of amides is 4. The molecule has 0 bridgehead atoms. The van der Waals surface area contributed by atoms with Crippen LogP contribution in [0.4, 0.5) is 10.5 Å². The normalized spacial score (nSPS) is 14.6. The molecule has 0 aliphatic heterocycles. The highest BCUT2D eigenvalue weighted by atomic mass is 16.6. The molecule has 1 aliphatic carbocycles. The molecule has 2 atom stereocenters. The Labute approximate surface area is 216 Å². The fourth-order valence-corrected chi connectivity index (χ4v) is 3.86. The molecule has 2 unspecified atom stereocenters. The third kappa shape index (κ3) is 7.96. The lowest BCUT2D eigenvalue weighted by Crippen LogP contribution is -2.54. The van der Waals surface area contributed by atoms with Crippen molar-refractivity contribution in [3.63, 3.8) is 0 Å². The Hall–Kier alpha value is -4.08. The Morgan fingerprint density at radius 2 is 1.65 bits per heavy atom. The lowest BCUT2D eigenvalue weighted by atomic mass is 10.0. The average molecular weight is 511 g/mol. The Balaban J connectivity index is 1.94. The van der Waals surface area contributed by atoms with Crippen molar-refractivity contribution in [3.05, 3.63) is 60.2 Å². The van der Waals surface area contributed by atoms with Gasteiger partial charge in [0.2, 0.25) is 11.8 Å². The summed E-state index contributed by atoms with van der Waals surface area (Å²) < 4.78 is 10.5. The topological polar surface area (TPSA) is 140 Å². The molecule has 2 aromatic rings. The molecule has 0 saturated heterocycles. The van der Waals surface area contributed by atoms with E-state index >= 15 is 0 Å². The van der Waals surface area contributed by atoms with Crippen LogP contribution in [-0.4, -0.2) is 53.5 Å². The second-order valence-electron chi connectivity index (χ2n) is 9.88. The highest BCUT2D eigenvalue weighted by Crippen LogP contribution is 2.36. The maximum absolute atomic E-state index is 13.9. The van der Waals surface area contributed by atoms with Crippen LogP contribution in [0.1, 0.15) is 51.6 Å². The van der Waals surface area contributed by atoms with E-state index in [2.05, 4.69) is 10.6 Å². The van der Waals surface area contributed by atoms with Gasteiger partial charge in [0, 0.05) is 11.7 Å². The first-order chi connectivity index (χ1) is 17.5. The van der Waals surface area contributed by atoms with Crippen LogP contribution in [0.5, 0.6) is 5.75 Å². The molecule has 4 N–H and O–H groups in total. The number of hydrogen-bond acceptors (Lipinski definition) is 6. The lowest BCUT2D eigenvalue weighted by molar-refractivity contribution is -0.142. The monoisotopic (exact) mass is 510 g/mol. The number of nitrogens with two attached hydrogens (primary N) is 1. The zero-order valence-corrected chi connectivity index (χ0v) is 21.5. The summed E-state index contributed by atoms with van der Waals surface area (Å²) in [6, 6.07) is 13.1. The van der Waals surface area contributed by atoms with Gasteiger partial charge in [-0.1, -0.05) is 30.3 Å². The number of methoxy groups -OCH3 is 1. The van der Waals surface area contributed by atoms with E-state index in [9.17, 15) is 19.2 Å². The molecule has 1 saturated carbocycles. The predicted octanol–water partition coefficient (Wildman–Crippen LogP) is 3.13. The van der Waals surface area contributed by atoms with Gasteiger partial charge in [0.15, 0.2) is 0 Å². The number of hydrogen-bond donors (Lipinski definition) is 3. The van der Waals surface area contributed by atoms with Gasteiger partial charge in [-0.15, -0.1) is 0 Å². The van der Waals surface area contributed by atoms with Crippen LogP contribution in [0.25, 0.3) is 0 Å². The second kappa shape index (κ2) is 11.8. The van der Waals surface area contributed by atoms with Crippen molar-refractivity contribution in [2.75, 3.05) is 12.4 Å². The van der Waals surface area contributed by atoms with Gasteiger partial charge in [-0.2, -0.15) is 0 Å². The van der Waals surface area contributed by atoms with Gasteiger partial charge in [0.05, 0.1) is 13.5 Å². The Kier molecular flexibility index (Phi) is 8.75. The maximum Gasteiger partial charge on any atom is 0.408 e. The summed E-state index contributed by atoms with van der Waals surface area (Å²) in [5.41, 5.74) is 5.70. The number of ether oxygens (including phenoxy) is 2. The van der Waals surface area contributed by atoms with Crippen LogP contribution < -0.4 is 21.1 Å². The average Bonchev–Trinajstić information content (AvgIpc) is 3.66. The molecular weight excluding hydrogens is 476 g/mol. The van der Waals surface area contributed by atoms with E-state index in [1.165, 1.54) is 4.90 Å². The fraction of sp³-hybridized carbons (Fsp3) is 0.407. The number of primary amides is 1. The van der Waals surface area contributed by atoms with E-state index < -0.39 is 47.9 Å². The quantitative estimate of drug-likeness (QED) is 0.449. The van der Waals surface area contributed by atoms with Crippen LogP contribution in [0.15, 0.2) is 54.6 Å². The van der Waals surface area contributed by atoms with Crippen molar-refractivity contribution in [1.29, 1.82) is 0 Å². The Morgan fingerprint density at radius 1 is 1.03 bits per heavy atom. The van der Waals surface area contributed by atoms with E-state index in [-0.39, 0.29) is 6.04 Å². The largest absolute Gasteiger partial charge is 0.497 e. The minimum absolute atomic E-state index is 0.241. The van der Waals surface area contributed by atoms with Gasteiger partial charge < -0.3 is 30.7 Å². The molecule has 1 fully saturated rings. The molecule has 1 aliphatic rings. The van der Waals surface area contributed by atoms with Gasteiger partial charge >= 0.3 is 6.09 Å². The van der Waals surface area contributed by atoms with Crippen LogP contribution in [0.2, 0.25) is 0 Å². The first-order valence-electron chi connectivity index (χ1n) is 12.1. The summed E-state index contributed by atoms with van der Waals surface area (Å²) in [5.74, 6) is -1.17. The van der Waals surface area contributed by atoms with E-state index in [0.717, 1.165) is 0 Å². The van der Waals surface area contributed by atoms with Crippen LogP contribution in [0, 0.1) is 0 Å². The zero-order chi connectivity index (χ0) is 27.2. The summed E-state index contributed by atoms with van der Waals surface area (Å²) in [6.45, 7) is 5.05. The van der Waals surface area contributed by atoms with Crippen LogP contribution in [-0.2, 0) is 19.1 Å². The number of alkyl carbamates (subject to hydrolysis) is 1. The standard InChI is InChI=1S/C27H34N4O6/c1-27(2,3)37-26(35)30-21(16-22(28)32)25(34)31(19-12-13-19)23(17-8-6-5-7-9-17)24(33)29-18-10-14-20(36-4)15-11-18/h5-11,14-15,19,21,23H,12-13,16H2,1-4H3,(H2,28,32)(H,29,33)(H,30,35). The van der Waals surface area contributed by atoms with Crippen molar-refractivity contribution >= 4 is 29.5 Å². The van der Waals surface area contributed by atoms with E-state index in [4.69, 9.17) is 15.2 Å². The smallest absolute Gasteiger partial charge is 0.408 e. The summed E-state index contributed by atoms with van der Waals surface area (Å²) in [5, 5.41) is 5.35. The third-order valence-corrected chi connectivity index (χ3v) is 5.59. The number of benzene rings is 2. The number of carbonyl (C=O) groups excluding carboxylic acids is 4. The van der Waals surface area contributed by atoms with Crippen LogP contribution >= 0.6 is 0 Å². The molecule has 0 radical (unpaired) electrons. The molecule has 4 amide bonds. The maximum atomic E-state index is 13.9. The van der Waals surface area contributed by atoms with Gasteiger partial charge in [0.1, 0.15) is 23.4 Å². The highest BCUT2D eigenvalue weighted by Gasteiger charge is 2.44. The Bertz CT molecular complexity index is 1110. The summed E-state index contributed by atoms with van der Waals surface area (Å²) >= 11 is 0. The van der Waals surface area contributed by atoms with Crippen molar-refractivity contribution < 1.29 is 28.7 Å². The van der Waals surface area contributed by atoms with Crippen molar-refractivity contribution in [3.8, 4) is 5.75 Å². The predicted molar refractivity (Wildman–Crippen MR) is 138 cm³/mol. The number of anilines is 1. The summed E-state index contributed by atoms with van der Waals surface area (Å²) in [6.07, 6.45) is 0.0613. The minimum atomic E-state index is -1.30. The molecule has 0 aromatic heterocycles. The fourth-order valence-electron chi connectivity index (χ4n) is 3.86. The molecule has 0 spiro atoms. The van der Waals surface area contributed by atoms with Gasteiger partial charge in [0.25, 0.3) is 5.91 Å². The molecule has 10 nitrogen and oxygen atoms in total. The van der Waals surface area contributed by atoms with Gasteiger partial charge in [-0.3, -0.25) is 14.4 Å². The van der Waals surface area contributed by atoms with Gasteiger partial charge in [-0.05, 0) is 63.4 Å². The van der Waals surface area contributed by atoms with Crippen molar-refractivity contribution in [2.24, 2.45) is 5.73 Å². The van der Waals surface area contributed by atoms with E-state index in [0.29, 0.717) is 29.8 Å². The first-order valence-corrected chi connectivity index (χ1v) is 12.1. The molecular formula is C27H34N4O6. The molecule has 0 heterocycles. The van der Waals surface area contributed by atoms with Crippen molar-refractivity contribution in [1.82, 2.24) is 10.2 Å². The SMILES string of the molecule is COc1ccc(NC(=O)C(c2ccccc2)N(C(=O)C(CC(N)=O)NC(=O)OC(C)(C)C)C2CC2)cc1. The second-order valence-corrected chi connectivity index (χ2v) is 9.88. The first kappa shape index (κ1) is 27.5.